The van der Waals surface area contributed by atoms with E-state index >= 15 is 0 Å². The fraction of sp³-hybridized carbons (Fsp3) is 0.391. The summed E-state index contributed by atoms with van der Waals surface area (Å²) in [6.07, 6.45) is 9.18. The summed E-state index contributed by atoms with van der Waals surface area (Å²) in [5, 5.41) is 7.94. The van der Waals surface area contributed by atoms with Crippen LogP contribution in [-0.4, -0.2) is 23.5 Å². The Morgan fingerprint density at radius 3 is 2.40 bits per heavy atom. The highest BCUT2D eigenvalue weighted by Crippen LogP contribution is 2.29. The Hall–Kier alpha value is -2.22. The summed E-state index contributed by atoms with van der Waals surface area (Å²) < 4.78 is 2.27. The normalized spacial score (nSPS) is 19.1. The van der Waals surface area contributed by atoms with E-state index < -0.39 is 0 Å². The molecule has 0 saturated carbocycles. The molecule has 2 nitrogen and oxygen atoms in total. The van der Waals surface area contributed by atoms with Crippen molar-refractivity contribution in [3.05, 3.63) is 63.9 Å². The third-order valence-electron chi connectivity index (χ3n) is 5.20. The molecular weight excluding hydrogens is 304 g/mol. The van der Waals surface area contributed by atoms with Crippen molar-refractivity contribution in [2.24, 2.45) is 5.92 Å². The number of allylic oxidation sites excluding steroid dienone is 4. The standard InChI is InChI=1S/C23H31N2/c1-7-16(3)22-19(6)13-25(14-20(22)8-2)15-21(12-24)23-17(4)10-9-11-18(23)5/h7,9-13,15,20,24H,8,14H2,1-6H3/q+1/b16-7-,21-15+,24-12?. The first-order valence-electron chi connectivity index (χ1n) is 9.16. The molecule has 0 saturated heterocycles. The molecule has 0 aliphatic carbocycles. The number of hydrogen-bond donors (Lipinski definition) is 1. The zero-order valence-electron chi connectivity index (χ0n) is 16.5. The zero-order valence-corrected chi connectivity index (χ0v) is 16.5. The first-order chi connectivity index (χ1) is 11.9. The van der Waals surface area contributed by atoms with Gasteiger partial charge in [0.15, 0.2) is 19.0 Å². The van der Waals surface area contributed by atoms with Gasteiger partial charge in [-0.05, 0) is 63.3 Å². The Morgan fingerprint density at radius 2 is 1.88 bits per heavy atom. The smallest absolute Gasteiger partial charge is 0.178 e. The highest BCUT2D eigenvalue weighted by Gasteiger charge is 2.26. The maximum Gasteiger partial charge on any atom is 0.178 e. The number of nitrogens with one attached hydrogen (secondary N) is 1. The fourth-order valence-corrected chi connectivity index (χ4v) is 3.87. The lowest BCUT2D eigenvalue weighted by Crippen LogP contribution is -2.26. The minimum atomic E-state index is 0.530. The van der Waals surface area contributed by atoms with Crippen molar-refractivity contribution in [1.82, 2.24) is 0 Å². The molecule has 0 amide bonds. The highest BCUT2D eigenvalue weighted by molar-refractivity contribution is 6.09. The van der Waals surface area contributed by atoms with E-state index in [1.165, 1.54) is 39.6 Å². The average molecular weight is 336 g/mol. The quantitative estimate of drug-likeness (QED) is 0.528. The molecule has 0 fully saturated rings. The van der Waals surface area contributed by atoms with Gasteiger partial charge in [0, 0.05) is 17.7 Å². The molecule has 0 aromatic heterocycles. The number of rotatable bonds is 5. The first kappa shape index (κ1) is 19.1. The van der Waals surface area contributed by atoms with Gasteiger partial charge in [0.25, 0.3) is 0 Å². The van der Waals surface area contributed by atoms with E-state index in [1.807, 2.05) is 0 Å². The molecule has 1 aliphatic rings. The van der Waals surface area contributed by atoms with Gasteiger partial charge >= 0.3 is 0 Å². The fourth-order valence-electron chi connectivity index (χ4n) is 3.87. The lowest BCUT2D eigenvalue weighted by molar-refractivity contribution is -0.459. The minimum absolute atomic E-state index is 0.530. The molecule has 132 valence electrons. The van der Waals surface area contributed by atoms with Crippen LogP contribution in [0, 0.1) is 25.2 Å². The lowest BCUT2D eigenvalue weighted by Gasteiger charge is -2.23. The van der Waals surface area contributed by atoms with Crippen molar-refractivity contribution in [1.29, 1.82) is 5.41 Å². The van der Waals surface area contributed by atoms with Crippen LogP contribution in [0.5, 0.6) is 0 Å². The molecular formula is C23H31N2+. The number of benzene rings is 1. The van der Waals surface area contributed by atoms with E-state index in [1.54, 1.807) is 0 Å². The molecule has 1 unspecified atom stereocenters. The topological polar surface area (TPSA) is 26.9 Å². The van der Waals surface area contributed by atoms with Crippen molar-refractivity contribution < 1.29 is 4.58 Å². The number of aryl methyl sites for hydroxylation is 2. The van der Waals surface area contributed by atoms with Gasteiger partial charge in [-0.15, -0.1) is 0 Å². The Bertz CT molecular complexity index is 768. The summed E-state index contributed by atoms with van der Waals surface area (Å²) in [4.78, 5) is 0. The van der Waals surface area contributed by atoms with Crippen LogP contribution in [-0.2, 0) is 0 Å². The van der Waals surface area contributed by atoms with E-state index in [2.05, 4.69) is 82.8 Å². The van der Waals surface area contributed by atoms with Crippen LogP contribution in [0.25, 0.3) is 5.57 Å². The second kappa shape index (κ2) is 8.24. The predicted octanol–water partition coefficient (Wildman–Crippen LogP) is 5.70. The molecule has 25 heavy (non-hydrogen) atoms. The summed E-state index contributed by atoms with van der Waals surface area (Å²) in [7, 11) is 0. The molecule has 1 aromatic rings. The van der Waals surface area contributed by atoms with Gasteiger partial charge in [-0.2, -0.15) is 0 Å². The van der Waals surface area contributed by atoms with Crippen molar-refractivity contribution >= 4 is 18.0 Å². The third-order valence-corrected chi connectivity index (χ3v) is 5.20. The van der Waals surface area contributed by atoms with Crippen LogP contribution in [0.15, 0.2) is 47.2 Å². The van der Waals surface area contributed by atoms with Crippen molar-refractivity contribution in [3.8, 4) is 0 Å². The average Bonchev–Trinajstić information content (AvgIpc) is 2.59. The zero-order chi connectivity index (χ0) is 18.6. The second-order valence-electron chi connectivity index (χ2n) is 7.00. The van der Waals surface area contributed by atoms with Crippen molar-refractivity contribution in [3.63, 3.8) is 0 Å². The SMILES string of the molecule is C/C=C(/C)C1=C(C)C=[N+](/C=C(\C=N)c2c(C)cccc2C)CC1CC. The Morgan fingerprint density at radius 1 is 1.24 bits per heavy atom. The van der Waals surface area contributed by atoms with Crippen LogP contribution < -0.4 is 0 Å². The molecule has 0 bridgehead atoms. The van der Waals surface area contributed by atoms with Gasteiger partial charge < -0.3 is 5.41 Å². The van der Waals surface area contributed by atoms with Crippen molar-refractivity contribution in [2.45, 2.75) is 48.0 Å². The van der Waals surface area contributed by atoms with Gasteiger partial charge in [0.2, 0.25) is 0 Å². The van der Waals surface area contributed by atoms with E-state index in [0.717, 1.165) is 18.5 Å². The van der Waals surface area contributed by atoms with Crippen LogP contribution in [0.2, 0.25) is 0 Å². The Balaban J connectivity index is 2.52. The van der Waals surface area contributed by atoms with Gasteiger partial charge in [0.05, 0.1) is 5.57 Å². The van der Waals surface area contributed by atoms with Crippen LogP contribution in [0.1, 0.15) is 50.8 Å². The van der Waals surface area contributed by atoms with Crippen molar-refractivity contribution in [2.75, 3.05) is 6.54 Å². The minimum Gasteiger partial charge on any atom is -0.308 e. The summed E-state index contributed by atoms with van der Waals surface area (Å²) in [6, 6.07) is 6.31. The maximum absolute atomic E-state index is 7.94. The largest absolute Gasteiger partial charge is 0.308 e. The van der Waals surface area contributed by atoms with E-state index in [9.17, 15) is 0 Å². The maximum atomic E-state index is 7.94. The number of hydrogen-bond acceptors (Lipinski definition) is 1. The molecule has 1 atom stereocenters. The van der Waals surface area contributed by atoms with Gasteiger partial charge in [-0.25, -0.2) is 4.58 Å². The molecule has 1 heterocycles. The molecule has 0 radical (unpaired) electrons. The second-order valence-corrected chi connectivity index (χ2v) is 7.00. The molecule has 2 heteroatoms. The van der Waals surface area contributed by atoms with E-state index in [4.69, 9.17) is 5.41 Å². The summed E-state index contributed by atoms with van der Waals surface area (Å²) in [5.74, 6) is 0.530. The number of nitrogens with zero attached hydrogens (tertiary/aromatic N) is 1. The third kappa shape index (κ3) is 4.07. The molecule has 2 rings (SSSR count). The monoisotopic (exact) mass is 335 g/mol. The summed E-state index contributed by atoms with van der Waals surface area (Å²) in [5.41, 5.74) is 8.78. The molecule has 0 spiro atoms. The van der Waals surface area contributed by atoms with E-state index in [0.29, 0.717) is 5.92 Å². The summed E-state index contributed by atoms with van der Waals surface area (Å²) in [6.45, 7) is 14.0. The van der Waals surface area contributed by atoms with Gasteiger partial charge in [-0.1, -0.05) is 36.8 Å². The Kier molecular flexibility index (Phi) is 6.30. The van der Waals surface area contributed by atoms with Gasteiger partial charge in [0.1, 0.15) is 0 Å². The molecule has 1 N–H and O–H groups in total. The molecule has 1 aliphatic heterocycles. The van der Waals surface area contributed by atoms with Crippen LogP contribution >= 0.6 is 0 Å². The Labute approximate surface area is 152 Å². The predicted molar refractivity (Wildman–Crippen MR) is 110 cm³/mol. The summed E-state index contributed by atoms with van der Waals surface area (Å²) >= 11 is 0. The van der Waals surface area contributed by atoms with Crippen LogP contribution in [0.4, 0.5) is 0 Å². The molecule has 1 aromatic carbocycles. The highest BCUT2D eigenvalue weighted by atomic mass is 15.0. The van der Waals surface area contributed by atoms with E-state index in [-0.39, 0.29) is 0 Å². The first-order valence-corrected chi connectivity index (χ1v) is 9.16. The van der Waals surface area contributed by atoms with Crippen LogP contribution in [0.3, 0.4) is 0 Å². The van der Waals surface area contributed by atoms with Gasteiger partial charge in [-0.3, -0.25) is 0 Å². The lowest BCUT2D eigenvalue weighted by atomic mass is 9.85.